The summed E-state index contributed by atoms with van der Waals surface area (Å²) in [6.45, 7) is 1.81. The standard InChI is InChI=1S/C22H30N2O3S/c1-27-19-10-8-17(9-11-19)15-23-22(26)16-24-12-4-2-3-6-18(24)14-20(25)21-7-5-13-28-21/h5,7-11,13,18,20,25H,2-4,6,12,14-16H2,1H3,(H,23,26)/t18-,20-/m0/s1. The summed E-state index contributed by atoms with van der Waals surface area (Å²) in [7, 11) is 1.64. The number of amides is 1. The molecule has 2 atom stereocenters. The fourth-order valence-electron chi connectivity index (χ4n) is 3.75. The van der Waals surface area contributed by atoms with Crippen molar-refractivity contribution in [2.75, 3.05) is 20.2 Å². The Morgan fingerprint density at radius 3 is 2.82 bits per heavy atom. The molecule has 0 saturated carbocycles. The highest BCUT2D eigenvalue weighted by molar-refractivity contribution is 7.10. The van der Waals surface area contributed by atoms with E-state index in [2.05, 4.69) is 10.2 Å². The van der Waals surface area contributed by atoms with E-state index in [1.165, 1.54) is 6.42 Å². The van der Waals surface area contributed by atoms with Crippen LogP contribution in [0.3, 0.4) is 0 Å². The minimum Gasteiger partial charge on any atom is -0.497 e. The smallest absolute Gasteiger partial charge is 0.234 e. The number of hydrogen-bond acceptors (Lipinski definition) is 5. The van der Waals surface area contributed by atoms with Crippen LogP contribution in [0.5, 0.6) is 5.75 Å². The lowest BCUT2D eigenvalue weighted by atomic mass is 10.0. The monoisotopic (exact) mass is 402 g/mol. The maximum absolute atomic E-state index is 12.5. The van der Waals surface area contributed by atoms with Crippen LogP contribution in [-0.4, -0.2) is 42.2 Å². The van der Waals surface area contributed by atoms with Gasteiger partial charge in [-0.1, -0.05) is 31.0 Å². The van der Waals surface area contributed by atoms with E-state index in [9.17, 15) is 9.90 Å². The topological polar surface area (TPSA) is 61.8 Å². The van der Waals surface area contributed by atoms with E-state index >= 15 is 0 Å². The zero-order valence-corrected chi connectivity index (χ0v) is 17.3. The molecule has 0 radical (unpaired) electrons. The summed E-state index contributed by atoms with van der Waals surface area (Å²) < 4.78 is 5.16. The van der Waals surface area contributed by atoms with Gasteiger partial charge in [0, 0.05) is 17.5 Å². The number of benzene rings is 1. The molecule has 1 aromatic heterocycles. The zero-order valence-electron chi connectivity index (χ0n) is 16.5. The van der Waals surface area contributed by atoms with Gasteiger partial charge in [-0.15, -0.1) is 11.3 Å². The van der Waals surface area contributed by atoms with Crippen molar-refractivity contribution >= 4 is 17.2 Å². The summed E-state index contributed by atoms with van der Waals surface area (Å²) in [5.74, 6) is 0.847. The van der Waals surface area contributed by atoms with Crippen LogP contribution >= 0.6 is 11.3 Å². The molecule has 1 amide bonds. The summed E-state index contributed by atoms with van der Waals surface area (Å²) >= 11 is 1.59. The van der Waals surface area contributed by atoms with Crippen molar-refractivity contribution in [2.45, 2.75) is 50.8 Å². The van der Waals surface area contributed by atoms with Gasteiger partial charge in [0.05, 0.1) is 19.8 Å². The molecular weight excluding hydrogens is 372 g/mol. The number of nitrogens with one attached hydrogen (secondary N) is 1. The molecule has 2 heterocycles. The van der Waals surface area contributed by atoms with Gasteiger partial charge >= 0.3 is 0 Å². The second kappa shape index (κ2) is 10.6. The first kappa shape index (κ1) is 20.8. The number of thiophene rings is 1. The van der Waals surface area contributed by atoms with Gasteiger partial charge < -0.3 is 15.2 Å². The average Bonchev–Trinajstić information content (AvgIpc) is 3.17. The lowest BCUT2D eigenvalue weighted by Gasteiger charge is -2.30. The Morgan fingerprint density at radius 2 is 2.11 bits per heavy atom. The zero-order chi connectivity index (χ0) is 19.8. The minimum atomic E-state index is -0.451. The molecule has 1 fully saturated rings. The molecule has 5 nitrogen and oxygen atoms in total. The van der Waals surface area contributed by atoms with Crippen molar-refractivity contribution in [1.29, 1.82) is 0 Å². The number of carbonyl (C=O) groups is 1. The quantitative estimate of drug-likeness (QED) is 0.706. The largest absolute Gasteiger partial charge is 0.497 e. The number of rotatable bonds is 8. The number of nitrogens with zero attached hydrogens (tertiary/aromatic N) is 1. The fraction of sp³-hybridized carbons (Fsp3) is 0.500. The minimum absolute atomic E-state index is 0.0355. The van der Waals surface area contributed by atoms with Gasteiger partial charge in [0.25, 0.3) is 0 Å². The third-order valence-corrected chi connectivity index (χ3v) is 6.33. The third-order valence-electron chi connectivity index (χ3n) is 5.36. The Balaban J connectivity index is 1.53. The van der Waals surface area contributed by atoms with E-state index in [0.29, 0.717) is 19.5 Å². The molecule has 28 heavy (non-hydrogen) atoms. The van der Waals surface area contributed by atoms with Crippen molar-refractivity contribution in [2.24, 2.45) is 0 Å². The molecular formula is C22H30N2O3S. The van der Waals surface area contributed by atoms with Crippen LogP contribution in [0, 0.1) is 0 Å². The highest BCUT2D eigenvalue weighted by Gasteiger charge is 2.26. The van der Waals surface area contributed by atoms with E-state index < -0.39 is 6.10 Å². The fourth-order valence-corrected chi connectivity index (χ4v) is 4.48. The Labute approximate surface area is 171 Å². The molecule has 152 valence electrons. The Hall–Kier alpha value is -1.89. The van der Waals surface area contributed by atoms with Crippen molar-refractivity contribution in [3.05, 3.63) is 52.2 Å². The lowest BCUT2D eigenvalue weighted by Crippen LogP contribution is -2.43. The highest BCUT2D eigenvalue weighted by Crippen LogP contribution is 2.28. The van der Waals surface area contributed by atoms with Crippen LogP contribution in [0.2, 0.25) is 0 Å². The molecule has 6 heteroatoms. The molecule has 2 N–H and O–H groups in total. The number of aliphatic hydroxyl groups is 1. The SMILES string of the molecule is COc1ccc(CNC(=O)CN2CCCCC[C@H]2C[C@H](O)c2cccs2)cc1. The molecule has 0 aliphatic carbocycles. The van der Waals surface area contributed by atoms with Gasteiger partial charge in [0.15, 0.2) is 0 Å². The van der Waals surface area contributed by atoms with Crippen LogP contribution in [0.4, 0.5) is 0 Å². The van der Waals surface area contributed by atoms with Crippen molar-refractivity contribution in [3.63, 3.8) is 0 Å². The molecule has 1 saturated heterocycles. The molecule has 1 aromatic carbocycles. The van der Waals surface area contributed by atoms with Gasteiger partial charge in [-0.2, -0.15) is 0 Å². The van der Waals surface area contributed by atoms with E-state index in [4.69, 9.17) is 4.74 Å². The molecule has 0 spiro atoms. The number of ether oxygens (including phenoxy) is 1. The molecule has 2 aromatic rings. The maximum atomic E-state index is 12.5. The van der Waals surface area contributed by atoms with Crippen LogP contribution < -0.4 is 10.1 Å². The van der Waals surface area contributed by atoms with Crippen molar-refractivity contribution in [1.82, 2.24) is 10.2 Å². The Bertz CT molecular complexity index is 718. The van der Waals surface area contributed by atoms with Gasteiger partial charge in [0.2, 0.25) is 5.91 Å². The number of likely N-dealkylation sites (tertiary alicyclic amines) is 1. The molecule has 1 aliphatic heterocycles. The normalized spacial score (nSPS) is 19.0. The van der Waals surface area contributed by atoms with Crippen molar-refractivity contribution < 1.29 is 14.6 Å². The number of carbonyl (C=O) groups excluding carboxylic acids is 1. The highest BCUT2D eigenvalue weighted by atomic mass is 32.1. The summed E-state index contributed by atoms with van der Waals surface area (Å²) in [4.78, 5) is 15.8. The first-order valence-electron chi connectivity index (χ1n) is 10.0. The predicted octanol–water partition coefficient (Wildman–Crippen LogP) is 3.74. The van der Waals surface area contributed by atoms with Crippen LogP contribution in [-0.2, 0) is 11.3 Å². The van der Waals surface area contributed by atoms with E-state index in [1.54, 1.807) is 18.4 Å². The summed E-state index contributed by atoms with van der Waals surface area (Å²) in [5, 5.41) is 15.6. The second-order valence-electron chi connectivity index (χ2n) is 7.37. The van der Waals surface area contributed by atoms with E-state index in [0.717, 1.165) is 42.0 Å². The number of aliphatic hydroxyl groups excluding tert-OH is 1. The van der Waals surface area contributed by atoms with Gasteiger partial charge in [0.1, 0.15) is 5.75 Å². The second-order valence-corrected chi connectivity index (χ2v) is 8.34. The van der Waals surface area contributed by atoms with E-state index in [-0.39, 0.29) is 11.9 Å². The Kier molecular flexibility index (Phi) is 7.89. The maximum Gasteiger partial charge on any atom is 0.234 e. The van der Waals surface area contributed by atoms with Crippen LogP contribution in [0.25, 0.3) is 0 Å². The average molecular weight is 403 g/mol. The van der Waals surface area contributed by atoms with Gasteiger partial charge in [-0.3, -0.25) is 9.69 Å². The Morgan fingerprint density at radius 1 is 1.29 bits per heavy atom. The lowest BCUT2D eigenvalue weighted by molar-refractivity contribution is -0.123. The van der Waals surface area contributed by atoms with Gasteiger partial charge in [-0.05, 0) is 54.9 Å². The van der Waals surface area contributed by atoms with Crippen LogP contribution in [0.1, 0.15) is 48.6 Å². The molecule has 0 unspecified atom stereocenters. The molecule has 3 rings (SSSR count). The van der Waals surface area contributed by atoms with E-state index in [1.807, 2.05) is 41.8 Å². The summed E-state index contributed by atoms with van der Waals surface area (Å²) in [5.41, 5.74) is 1.05. The summed E-state index contributed by atoms with van der Waals surface area (Å²) in [6, 6.07) is 11.9. The molecule has 0 bridgehead atoms. The number of hydrogen-bond donors (Lipinski definition) is 2. The predicted molar refractivity (Wildman–Crippen MR) is 113 cm³/mol. The summed E-state index contributed by atoms with van der Waals surface area (Å²) in [6.07, 6.45) is 4.73. The van der Waals surface area contributed by atoms with Crippen LogP contribution in [0.15, 0.2) is 41.8 Å². The molecule has 1 aliphatic rings. The number of methoxy groups -OCH3 is 1. The first-order chi connectivity index (χ1) is 13.7. The van der Waals surface area contributed by atoms with Crippen molar-refractivity contribution in [3.8, 4) is 5.75 Å². The first-order valence-corrected chi connectivity index (χ1v) is 10.9. The third kappa shape index (κ3) is 6.06. The van der Waals surface area contributed by atoms with Gasteiger partial charge in [-0.25, -0.2) is 0 Å².